The van der Waals surface area contributed by atoms with Crippen molar-refractivity contribution >= 4 is 39.7 Å². The Hall–Kier alpha value is -4.05. The van der Waals surface area contributed by atoms with Crippen LogP contribution in [0.4, 0.5) is 17.1 Å². The molecule has 4 rings (SSSR count). The fourth-order valence-electron chi connectivity index (χ4n) is 3.51. The first-order chi connectivity index (χ1) is 15.9. The molecule has 0 unspecified atom stereocenters. The maximum atomic E-state index is 13.0. The van der Waals surface area contributed by atoms with Crippen LogP contribution in [0.2, 0.25) is 0 Å². The van der Waals surface area contributed by atoms with E-state index in [1.54, 1.807) is 6.07 Å². The molecule has 1 aliphatic rings. The van der Waals surface area contributed by atoms with E-state index < -0.39 is 21.6 Å². The molecule has 9 nitrogen and oxygen atoms in total. The molecular formula is C23H19N3O6S. The van der Waals surface area contributed by atoms with Crippen molar-refractivity contribution in [2.24, 2.45) is 0 Å². The van der Waals surface area contributed by atoms with Crippen LogP contribution in [0.25, 0.3) is 0 Å². The topological polar surface area (TPSA) is 119 Å². The number of hydrogen-bond acceptors (Lipinski definition) is 6. The van der Waals surface area contributed by atoms with Gasteiger partial charge in [-0.2, -0.15) is 0 Å². The lowest BCUT2D eigenvalue weighted by molar-refractivity contribution is -0.384. The molecule has 0 saturated heterocycles. The van der Waals surface area contributed by atoms with Crippen molar-refractivity contribution in [3.63, 3.8) is 0 Å². The van der Waals surface area contributed by atoms with Gasteiger partial charge in [0.2, 0.25) is 5.91 Å². The van der Waals surface area contributed by atoms with Crippen LogP contribution < -0.4 is 15.0 Å². The zero-order chi connectivity index (χ0) is 23.5. The molecule has 0 fully saturated rings. The third-order valence-electron chi connectivity index (χ3n) is 5.14. The van der Waals surface area contributed by atoms with E-state index in [9.17, 15) is 23.9 Å². The highest BCUT2D eigenvalue weighted by atomic mass is 32.2. The summed E-state index contributed by atoms with van der Waals surface area (Å²) in [6, 6.07) is 17.8. The lowest BCUT2D eigenvalue weighted by Crippen LogP contribution is -2.38. The highest BCUT2D eigenvalue weighted by Gasteiger charge is 2.30. The predicted molar refractivity (Wildman–Crippen MR) is 123 cm³/mol. The van der Waals surface area contributed by atoms with Gasteiger partial charge in [-0.15, -0.1) is 0 Å². The minimum atomic E-state index is -1.51. The van der Waals surface area contributed by atoms with Crippen molar-refractivity contribution in [1.82, 2.24) is 0 Å². The summed E-state index contributed by atoms with van der Waals surface area (Å²) in [5.41, 5.74) is 1.42. The Morgan fingerprint density at radius 2 is 1.91 bits per heavy atom. The molecule has 2 amide bonds. The summed E-state index contributed by atoms with van der Waals surface area (Å²) < 4.78 is 17.7. The van der Waals surface area contributed by atoms with Crippen LogP contribution in [0, 0.1) is 10.1 Å². The Morgan fingerprint density at radius 3 is 2.61 bits per heavy atom. The minimum absolute atomic E-state index is 0.129. The van der Waals surface area contributed by atoms with Crippen LogP contribution in [0.3, 0.4) is 0 Å². The highest BCUT2D eigenvalue weighted by molar-refractivity contribution is 7.86. The van der Waals surface area contributed by atoms with Gasteiger partial charge in [0.25, 0.3) is 11.6 Å². The number of non-ortho nitro benzene ring substituents is 1. The number of fused-ring (bicyclic) bond motifs is 1. The molecule has 1 atom stereocenters. The molecule has 1 aliphatic heterocycles. The second kappa shape index (κ2) is 9.21. The first-order valence-electron chi connectivity index (χ1n) is 9.88. The van der Waals surface area contributed by atoms with Gasteiger partial charge in [0, 0.05) is 17.7 Å². The number of nitro benzene ring substituents is 1. The van der Waals surface area contributed by atoms with E-state index >= 15 is 0 Å². The van der Waals surface area contributed by atoms with E-state index in [0.717, 1.165) is 5.56 Å². The second-order valence-electron chi connectivity index (χ2n) is 7.23. The fourth-order valence-corrected chi connectivity index (χ4v) is 4.66. The lowest BCUT2D eigenvalue weighted by Gasteiger charge is -2.29. The molecule has 0 spiro atoms. The number of methoxy groups -OCH3 is 1. The van der Waals surface area contributed by atoms with Crippen LogP contribution in [-0.2, 0) is 22.1 Å². The molecule has 1 heterocycles. The summed E-state index contributed by atoms with van der Waals surface area (Å²) in [5, 5.41) is 13.7. The molecule has 1 N–H and O–H groups in total. The van der Waals surface area contributed by atoms with Crippen molar-refractivity contribution in [2.75, 3.05) is 23.1 Å². The molecule has 0 aromatic heterocycles. The largest absolute Gasteiger partial charge is 0.495 e. The number of carbonyl (C=O) groups is 2. The minimum Gasteiger partial charge on any atom is -0.495 e. The van der Waals surface area contributed by atoms with Gasteiger partial charge in [-0.1, -0.05) is 30.3 Å². The monoisotopic (exact) mass is 465 g/mol. The van der Waals surface area contributed by atoms with Crippen LogP contribution in [0.5, 0.6) is 5.75 Å². The van der Waals surface area contributed by atoms with E-state index in [4.69, 9.17) is 4.74 Å². The van der Waals surface area contributed by atoms with Crippen molar-refractivity contribution in [3.05, 3.63) is 88.0 Å². The lowest BCUT2D eigenvalue weighted by atomic mass is 10.1. The number of nitro groups is 1. The Morgan fingerprint density at radius 1 is 1.15 bits per heavy atom. The van der Waals surface area contributed by atoms with Gasteiger partial charge >= 0.3 is 0 Å². The number of amides is 2. The number of nitrogens with zero attached hydrogens (tertiary/aromatic N) is 2. The number of nitrogens with one attached hydrogen (secondary N) is 1. The number of ether oxygens (including phenoxy) is 1. The van der Waals surface area contributed by atoms with Gasteiger partial charge in [0.1, 0.15) is 11.5 Å². The molecule has 0 bridgehead atoms. The van der Waals surface area contributed by atoms with Gasteiger partial charge < -0.3 is 15.0 Å². The molecule has 3 aromatic carbocycles. The molecule has 168 valence electrons. The van der Waals surface area contributed by atoms with Gasteiger partial charge in [-0.05, 0) is 29.8 Å². The molecular weight excluding hydrogens is 446 g/mol. The zero-order valence-electron chi connectivity index (χ0n) is 17.5. The van der Waals surface area contributed by atoms with Crippen molar-refractivity contribution in [3.8, 4) is 5.75 Å². The second-order valence-corrected chi connectivity index (χ2v) is 8.65. The summed E-state index contributed by atoms with van der Waals surface area (Å²) in [5.74, 6) is -0.729. The van der Waals surface area contributed by atoms with Crippen LogP contribution in [-0.4, -0.2) is 33.8 Å². The van der Waals surface area contributed by atoms with E-state index in [-0.39, 0.29) is 40.9 Å². The fraction of sp³-hybridized carbons (Fsp3) is 0.130. The molecule has 0 saturated carbocycles. The summed E-state index contributed by atoms with van der Waals surface area (Å²) in [6.07, 6.45) is 0. The average Bonchev–Trinajstić information content (AvgIpc) is 2.82. The molecule has 3 aromatic rings. The molecule has 0 aliphatic carbocycles. The first kappa shape index (κ1) is 22.2. The molecule has 0 radical (unpaired) electrons. The van der Waals surface area contributed by atoms with E-state index in [2.05, 4.69) is 5.32 Å². The first-order valence-corrected chi connectivity index (χ1v) is 11.2. The normalized spacial score (nSPS) is 15.0. The van der Waals surface area contributed by atoms with Crippen LogP contribution in [0.15, 0.2) is 71.6 Å². The number of carbonyl (C=O) groups excluding carboxylic acids is 2. The van der Waals surface area contributed by atoms with Crippen molar-refractivity contribution in [1.29, 1.82) is 0 Å². The number of anilines is 2. The van der Waals surface area contributed by atoms with E-state index in [0.29, 0.717) is 10.6 Å². The maximum Gasteiger partial charge on any atom is 0.271 e. The van der Waals surface area contributed by atoms with E-state index in [1.807, 2.05) is 30.3 Å². The standard InChI is InChI=1S/C23H19N3O6S/c1-32-20-9-8-17(26(29)30)12-18(20)24-23(28)16-7-10-21-19(11-16)25(22(27)14-33(21)31)13-15-5-3-2-4-6-15/h2-12H,13-14H2,1H3,(H,24,28)/t33-/m0/s1. The van der Waals surface area contributed by atoms with Gasteiger partial charge in [0.05, 0.1) is 45.6 Å². The molecule has 10 heteroatoms. The Balaban J connectivity index is 1.67. The highest BCUT2D eigenvalue weighted by Crippen LogP contribution is 2.33. The SMILES string of the molecule is COc1ccc([N+](=O)[O-])cc1NC(=O)c1ccc2c(c1)N(Cc1ccccc1)C(=O)C[S@@]2=O. The number of rotatable bonds is 6. The molecule has 33 heavy (non-hydrogen) atoms. The van der Waals surface area contributed by atoms with E-state index in [1.165, 1.54) is 42.3 Å². The van der Waals surface area contributed by atoms with Crippen LogP contribution in [0.1, 0.15) is 15.9 Å². The van der Waals surface area contributed by atoms with Crippen LogP contribution >= 0.6 is 0 Å². The van der Waals surface area contributed by atoms with Gasteiger partial charge in [-0.3, -0.25) is 23.9 Å². The maximum absolute atomic E-state index is 13.0. The summed E-state index contributed by atoms with van der Waals surface area (Å²) in [6.45, 7) is 0.271. The Kier molecular flexibility index (Phi) is 6.18. The Labute approximate surface area is 191 Å². The Bertz CT molecular complexity index is 1280. The predicted octanol–water partition coefficient (Wildman–Crippen LogP) is 3.51. The average molecular weight is 465 g/mol. The third kappa shape index (κ3) is 4.60. The quantitative estimate of drug-likeness (QED) is 0.440. The van der Waals surface area contributed by atoms with Gasteiger partial charge in [0.15, 0.2) is 0 Å². The third-order valence-corrected chi connectivity index (χ3v) is 6.48. The smallest absolute Gasteiger partial charge is 0.271 e. The number of benzene rings is 3. The zero-order valence-corrected chi connectivity index (χ0v) is 18.3. The van der Waals surface area contributed by atoms with Crippen molar-refractivity contribution < 1.29 is 23.5 Å². The summed E-state index contributed by atoms with van der Waals surface area (Å²) in [4.78, 5) is 38.1. The summed E-state index contributed by atoms with van der Waals surface area (Å²) in [7, 11) is -0.128. The van der Waals surface area contributed by atoms with Gasteiger partial charge in [-0.25, -0.2) is 0 Å². The summed E-state index contributed by atoms with van der Waals surface area (Å²) >= 11 is 0. The number of hydrogen-bond donors (Lipinski definition) is 1. The van der Waals surface area contributed by atoms with Crippen molar-refractivity contribution in [2.45, 2.75) is 11.4 Å².